The van der Waals surface area contributed by atoms with Crippen LogP contribution in [-0.4, -0.2) is 11.6 Å². The zero-order valence-electron chi connectivity index (χ0n) is 7.28. The van der Waals surface area contributed by atoms with Crippen LogP contribution < -0.4 is 5.48 Å². The minimum Gasteiger partial charge on any atom is -0.274 e. The molecular formula is C9H10N2OS. The van der Waals surface area contributed by atoms with E-state index >= 15 is 0 Å². The lowest BCUT2D eigenvalue weighted by molar-refractivity contribution is 0.210. The average molecular weight is 194 g/mol. The summed E-state index contributed by atoms with van der Waals surface area (Å²) in [7, 11) is 0. The van der Waals surface area contributed by atoms with Crippen molar-refractivity contribution in [3.05, 3.63) is 24.3 Å². The van der Waals surface area contributed by atoms with E-state index in [4.69, 9.17) is 4.84 Å². The molecule has 3 nitrogen and oxygen atoms in total. The summed E-state index contributed by atoms with van der Waals surface area (Å²) in [6, 6.07) is 8.02. The molecule has 0 unspecified atom stereocenters. The van der Waals surface area contributed by atoms with Gasteiger partial charge in [0.05, 0.1) is 16.8 Å². The molecule has 0 aliphatic carbocycles. The summed E-state index contributed by atoms with van der Waals surface area (Å²) in [5, 5.41) is 0.808. The Labute approximate surface area is 80.3 Å². The van der Waals surface area contributed by atoms with Gasteiger partial charge in [0.2, 0.25) is 5.13 Å². The van der Waals surface area contributed by atoms with Gasteiger partial charge in [0.15, 0.2) is 0 Å². The third-order valence-corrected chi connectivity index (χ3v) is 2.53. The van der Waals surface area contributed by atoms with E-state index in [-0.39, 0.29) is 0 Å². The Bertz CT molecular complexity index is 366. The first-order valence-electron chi connectivity index (χ1n) is 4.13. The molecule has 2 aromatic rings. The van der Waals surface area contributed by atoms with Gasteiger partial charge in [-0.05, 0) is 19.1 Å². The van der Waals surface area contributed by atoms with Gasteiger partial charge in [-0.1, -0.05) is 23.5 Å². The molecule has 13 heavy (non-hydrogen) atoms. The van der Waals surface area contributed by atoms with Gasteiger partial charge >= 0.3 is 0 Å². The molecule has 0 radical (unpaired) electrons. The number of rotatable bonds is 3. The summed E-state index contributed by atoms with van der Waals surface area (Å²) >= 11 is 1.59. The topological polar surface area (TPSA) is 34.1 Å². The molecule has 4 heteroatoms. The molecule has 0 spiro atoms. The van der Waals surface area contributed by atoms with Gasteiger partial charge in [-0.3, -0.25) is 4.84 Å². The Morgan fingerprint density at radius 3 is 3.08 bits per heavy atom. The van der Waals surface area contributed by atoms with Crippen LogP contribution in [0.4, 0.5) is 5.13 Å². The van der Waals surface area contributed by atoms with E-state index in [0.29, 0.717) is 6.61 Å². The summed E-state index contributed by atoms with van der Waals surface area (Å²) in [4.78, 5) is 9.38. The van der Waals surface area contributed by atoms with E-state index in [1.807, 2.05) is 31.2 Å². The maximum absolute atomic E-state index is 5.05. The van der Waals surface area contributed by atoms with Crippen LogP contribution in [0.5, 0.6) is 0 Å². The standard InChI is InChI=1S/C9H10N2OS/c1-2-12-11-9-10-7-5-3-4-6-8(7)13-9/h3-6H,2H2,1H3,(H,10,11). The molecule has 0 aliphatic rings. The van der Waals surface area contributed by atoms with Gasteiger partial charge in [-0.2, -0.15) is 0 Å². The number of thiazole rings is 1. The summed E-state index contributed by atoms with van der Waals surface area (Å²) < 4.78 is 1.17. The number of fused-ring (bicyclic) bond motifs is 1. The lowest BCUT2D eigenvalue weighted by Gasteiger charge is -1.97. The van der Waals surface area contributed by atoms with E-state index in [9.17, 15) is 0 Å². The summed E-state index contributed by atoms with van der Waals surface area (Å²) in [6.07, 6.45) is 0. The second kappa shape index (κ2) is 3.72. The zero-order valence-corrected chi connectivity index (χ0v) is 8.10. The number of nitrogens with zero attached hydrogens (tertiary/aromatic N) is 1. The van der Waals surface area contributed by atoms with Gasteiger partial charge in [0, 0.05) is 0 Å². The van der Waals surface area contributed by atoms with Crippen LogP contribution in [0.3, 0.4) is 0 Å². The normalized spacial score (nSPS) is 10.5. The van der Waals surface area contributed by atoms with E-state index in [0.717, 1.165) is 10.6 Å². The second-order valence-corrected chi connectivity index (χ2v) is 3.55. The number of hydrogen-bond acceptors (Lipinski definition) is 4. The quantitative estimate of drug-likeness (QED) is 0.763. The molecule has 1 aromatic heterocycles. The highest BCUT2D eigenvalue weighted by atomic mass is 32.1. The number of nitrogens with one attached hydrogen (secondary N) is 1. The van der Waals surface area contributed by atoms with Crippen LogP contribution in [0.2, 0.25) is 0 Å². The van der Waals surface area contributed by atoms with Gasteiger partial charge in [-0.15, -0.1) is 0 Å². The molecule has 68 valence electrons. The molecule has 0 bridgehead atoms. The third-order valence-electron chi connectivity index (χ3n) is 1.60. The third kappa shape index (κ3) is 1.79. The molecule has 0 atom stereocenters. The first kappa shape index (κ1) is 8.47. The highest BCUT2D eigenvalue weighted by Gasteiger charge is 2.00. The Morgan fingerprint density at radius 1 is 1.46 bits per heavy atom. The number of benzene rings is 1. The van der Waals surface area contributed by atoms with Crippen LogP contribution in [-0.2, 0) is 4.84 Å². The monoisotopic (exact) mass is 194 g/mol. The molecule has 0 aliphatic heterocycles. The van der Waals surface area contributed by atoms with E-state index in [2.05, 4.69) is 10.5 Å². The van der Waals surface area contributed by atoms with Crippen molar-refractivity contribution in [2.24, 2.45) is 0 Å². The fourth-order valence-electron chi connectivity index (χ4n) is 1.05. The van der Waals surface area contributed by atoms with Crippen molar-refractivity contribution in [3.63, 3.8) is 0 Å². The smallest absolute Gasteiger partial charge is 0.208 e. The van der Waals surface area contributed by atoms with Crippen molar-refractivity contribution in [1.82, 2.24) is 4.98 Å². The Kier molecular flexibility index (Phi) is 2.42. The summed E-state index contributed by atoms with van der Waals surface area (Å²) in [5.41, 5.74) is 3.80. The molecule has 0 saturated heterocycles. The Morgan fingerprint density at radius 2 is 2.31 bits per heavy atom. The van der Waals surface area contributed by atoms with Crippen LogP contribution in [0, 0.1) is 0 Å². The molecule has 0 amide bonds. The predicted molar refractivity (Wildman–Crippen MR) is 54.9 cm³/mol. The molecule has 1 heterocycles. The molecular weight excluding hydrogens is 184 g/mol. The first-order valence-corrected chi connectivity index (χ1v) is 4.95. The van der Waals surface area contributed by atoms with Gasteiger partial charge in [-0.25, -0.2) is 10.5 Å². The molecule has 0 saturated carbocycles. The van der Waals surface area contributed by atoms with Crippen LogP contribution >= 0.6 is 11.3 Å². The van der Waals surface area contributed by atoms with Crippen LogP contribution in [0.25, 0.3) is 10.2 Å². The van der Waals surface area contributed by atoms with Gasteiger partial charge in [0.1, 0.15) is 0 Å². The van der Waals surface area contributed by atoms with Crippen molar-refractivity contribution >= 4 is 26.7 Å². The Balaban J connectivity index is 2.28. The van der Waals surface area contributed by atoms with Crippen molar-refractivity contribution in [2.75, 3.05) is 12.1 Å². The number of anilines is 1. The van der Waals surface area contributed by atoms with Crippen molar-refractivity contribution < 1.29 is 4.84 Å². The van der Waals surface area contributed by atoms with Crippen molar-refractivity contribution in [2.45, 2.75) is 6.92 Å². The predicted octanol–water partition coefficient (Wildman–Crippen LogP) is 2.66. The van der Waals surface area contributed by atoms with E-state index in [1.165, 1.54) is 4.70 Å². The zero-order chi connectivity index (χ0) is 9.10. The van der Waals surface area contributed by atoms with E-state index < -0.39 is 0 Å². The fourth-order valence-corrected chi connectivity index (χ4v) is 1.87. The maximum atomic E-state index is 5.05. The molecule has 0 fully saturated rings. The number of para-hydroxylation sites is 1. The van der Waals surface area contributed by atoms with Crippen LogP contribution in [0.1, 0.15) is 6.92 Å². The van der Waals surface area contributed by atoms with Gasteiger partial charge < -0.3 is 0 Å². The molecule has 1 N–H and O–H groups in total. The highest BCUT2D eigenvalue weighted by Crippen LogP contribution is 2.24. The minimum atomic E-state index is 0.635. The number of hydrogen-bond donors (Lipinski definition) is 1. The highest BCUT2D eigenvalue weighted by molar-refractivity contribution is 7.22. The summed E-state index contributed by atoms with van der Waals surface area (Å²) in [5.74, 6) is 0. The number of aromatic nitrogens is 1. The Hall–Kier alpha value is -1.13. The lowest BCUT2D eigenvalue weighted by Crippen LogP contribution is -1.98. The minimum absolute atomic E-state index is 0.635. The maximum Gasteiger partial charge on any atom is 0.208 e. The fraction of sp³-hybridized carbons (Fsp3) is 0.222. The molecule has 1 aromatic carbocycles. The molecule has 2 rings (SSSR count). The lowest BCUT2D eigenvalue weighted by atomic mass is 10.3. The van der Waals surface area contributed by atoms with Crippen molar-refractivity contribution in [3.8, 4) is 0 Å². The SMILES string of the molecule is CCONc1nc2ccccc2s1. The van der Waals surface area contributed by atoms with E-state index in [1.54, 1.807) is 11.3 Å². The second-order valence-electron chi connectivity index (χ2n) is 2.52. The summed E-state index contributed by atoms with van der Waals surface area (Å²) in [6.45, 7) is 2.57. The van der Waals surface area contributed by atoms with Crippen molar-refractivity contribution in [1.29, 1.82) is 0 Å². The van der Waals surface area contributed by atoms with Crippen LogP contribution in [0.15, 0.2) is 24.3 Å². The first-order chi connectivity index (χ1) is 6.40. The largest absolute Gasteiger partial charge is 0.274 e. The van der Waals surface area contributed by atoms with Gasteiger partial charge in [0.25, 0.3) is 0 Å². The average Bonchev–Trinajstić information content (AvgIpc) is 2.57.